The van der Waals surface area contributed by atoms with Crippen molar-refractivity contribution >= 4 is 41.0 Å². The summed E-state index contributed by atoms with van der Waals surface area (Å²) in [4.78, 5) is 25.6. The molecule has 2 N–H and O–H groups in total. The molecule has 0 saturated heterocycles. The molecule has 0 fully saturated rings. The highest BCUT2D eigenvalue weighted by molar-refractivity contribution is 6.18. The maximum absolute atomic E-state index is 12.2. The molecule has 0 heterocycles. The number of carbonyl (C=O) groups excluding carboxylic acids is 1. The van der Waals surface area contributed by atoms with E-state index >= 15 is 0 Å². The molecule has 9 heteroatoms. The van der Waals surface area contributed by atoms with Crippen LogP contribution in [0.3, 0.4) is 0 Å². The molecule has 0 bridgehead atoms. The number of nitrogens with zero attached hydrogens (tertiary/aromatic N) is 1. The summed E-state index contributed by atoms with van der Waals surface area (Å²) < 4.78 is 11.0. The van der Waals surface area contributed by atoms with Crippen LogP contribution in [0.15, 0.2) is 18.2 Å². The highest BCUT2D eigenvalue weighted by atomic mass is 35.5. The summed E-state index contributed by atoms with van der Waals surface area (Å²) in [6.07, 6.45) is -0.638. The molecule has 30 heavy (non-hydrogen) atoms. The van der Waals surface area contributed by atoms with Gasteiger partial charge in [-0.3, -0.25) is 4.79 Å². The van der Waals surface area contributed by atoms with Crippen LogP contribution in [-0.2, 0) is 16.0 Å². The number of benzene rings is 1. The van der Waals surface area contributed by atoms with Gasteiger partial charge in [0.05, 0.1) is 13.0 Å². The number of ether oxygens (including phenoxy) is 2. The predicted molar refractivity (Wildman–Crippen MR) is 120 cm³/mol. The van der Waals surface area contributed by atoms with Crippen molar-refractivity contribution in [1.82, 2.24) is 5.32 Å². The summed E-state index contributed by atoms with van der Waals surface area (Å²) in [6, 6.07) is 5.02. The number of carboxylic acid groups (broad SMARTS) is 1. The Labute approximate surface area is 188 Å². The molecule has 1 rings (SSSR count). The van der Waals surface area contributed by atoms with Gasteiger partial charge in [0.2, 0.25) is 0 Å². The minimum atomic E-state index is -1.02. The van der Waals surface area contributed by atoms with Crippen LogP contribution >= 0.6 is 23.2 Å². The lowest BCUT2D eigenvalue weighted by Crippen LogP contribution is -2.41. The molecule has 0 aliphatic carbocycles. The molecule has 0 radical (unpaired) electrons. The number of anilines is 1. The Balaban J connectivity index is 3.15. The van der Waals surface area contributed by atoms with Crippen molar-refractivity contribution in [3.8, 4) is 5.75 Å². The van der Waals surface area contributed by atoms with E-state index < -0.39 is 23.7 Å². The lowest BCUT2D eigenvalue weighted by atomic mass is 10.0. The molecule has 7 nitrogen and oxygen atoms in total. The Hall–Kier alpha value is -1.86. The normalized spacial score (nSPS) is 12.2. The molecule has 1 atom stereocenters. The molecule has 0 aromatic heterocycles. The first kappa shape index (κ1) is 26.2. The number of alkyl carbamates (subject to hydrolysis) is 1. The Morgan fingerprint density at radius 2 is 1.83 bits per heavy atom. The number of alkyl halides is 2. The maximum atomic E-state index is 12.2. The number of nitrogens with one attached hydrogen (secondary N) is 1. The molecule has 0 aliphatic heterocycles. The van der Waals surface area contributed by atoms with E-state index in [0.717, 1.165) is 11.3 Å². The predicted octanol–water partition coefficient (Wildman–Crippen LogP) is 4.28. The Morgan fingerprint density at radius 1 is 1.20 bits per heavy atom. The first-order valence-electron chi connectivity index (χ1n) is 9.93. The van der Waals surface area contributed by atoms with Crippen molar-refractivity contribution in [3.05, 3.63) is 23.8 Å². The Morgan fingerprint density at radius 3 is 2.33 bits per heavy atom. The van der Waals surface area contributed by atoms with Crippen molar-refractivity contribution in [2.75, 3.05) is 36.4 Å². The third-order valence-corrected chi connectivity index (χ3v) is 4.36. The van der Waals surface area contributed by atoms with Gasteiger partial charge < -0.3 is 24.8 Å². The number of halogens is 2. The number of aliphatic carboxylic acids is 1. The lowest BCUT2D eigenvalue weighted by Gasteiger charge is -2.26. The van der Waals surface area contributed by atoms with Crippen molar-refractivity contribution in [2.45, 2.75) is 52.2 Å². The van der Waals surface area contributed by atoms with Crippen molar-refractivity contribution in [3.63, 3.8) is 0 Å². The van der Waals surface area contributed by atoms with Gasteiger partial charge in [0.1, 0.15) is 11.4 Å². The minimum absolute atomic E-state index is 0.248. The van der Waals surface area contributed by atoms with E-state index in [9.17, 15) is 14.7 Å². The minimum Gasteiger partial charge on any atom is -0.494 e. The fourth-order valence-corrected chi connectivity index (χ4v) is 3.33. The van der Waals surface area contributed by atoms with Gasteiger partial charge in [0, 0.05) is 36.6 Å². The molecule has 0 spiro atoms. The topological polar surface area (TPSA) is 88.1 Å². The molecule has 0 saturated carbocycles. The smallest absolute Gasteiger partial charge is 0.407 e. The van der Waals surface area contributed by atoms with Crippen molar-refractivity contribution < 1.29 is 24.2 Å². The van der Waals surface area contributed by atoms with Crippen LogP contribution in [-0.4, -0.2) is 60.3 Å². The van der Waals surface area contributed by atoms with Crippen LogP contribution in [0.1, 0.15) is 39.7 Å². The third-order valence-electron chi connectivity index (χ3n) is 4.03. The monoisotopic (exact) mass is 462 g/mol. The van der Waals surface area contributed by atoms with Gasteiger partial charge in [-0.25, -0.2) is 4.79 Å². The van der Waals surface area contributed by atoms with Gasteiger partial charge >= 0.3 is 12.1 Å². The fraction of sp³-hybridized carbons (Fsp3) is 0.619. The van der Waals surface area contributed by atoms with Gasteiger partial charge in [-0.15, -0.1) is 23.2 Å². The number of hydrogen-bond donors (Lipinski definition) is 2. The zero-order valence-corrected chi connectivity index (χ0v) is 19.6. The van der Waals surface area contributed by atoms with E-state index in [-0.39, 0.29) is 12.8 Å². The van der Waals surface area contributed by atoms with Crippen molar-refractivity contribution in [2.24, 2.45) is 0 Å². The highest BCUT2D eigenvalue weighted by Gasteiger charge is 2.23. The van der Waals surface area contributed by atoms with Crippen LogP contribution in [0.2, 0.25) is 0 Å². The molecule has 0 aliphatic rings. The van der Waals surface area contributed by atoms with Gasteiger partial charge in [0.15, 0.2) is 0 Å². The first-order chi connectivity index (χ1) is 14.1. The number of carboxylic acids is 1. The molecule has 170 valence electrons. The molecule has 1 amide bonds. The number of carbonyl (C=O) groups is 2. The Bertz CT molecular complexity index is 688. The van der Waals surface area contributed by atoms with Gasteiger partial charge in [-0.2, -0.15) is 0 Å². The third kappa shape index (κ3) is 9.76. The summed E-state index contributed by atoms with van der Waals surface area (Å²) in [5.74, 6) is 0.512. The van der Waals surface area contributed by atoms with Gasteiger partial charge in [0.25, 0.3) is 0 Å². The van der Waals surface area contributed by atoms with E-state index in [1.54, 1.807) is 20.8 Å². The summed E-state index contributed by atoms with van der Waals surface area (Å²) in [6.45, 7) is 8.82. The van der Waals surface area contributed by atoms with E-state index in [0.29, 0.717) is 37.2 Å². The second-order valence-corrected chi connectivity index (χ2v) is 8.49. The fourth-order valence-electron chi connectivity index (χ4n) is 2.92. The number of amides is 1. The van der Waals surface area contributed by atoms with E-state index in [1.807, 2.05) is 30.0 Å². The zero-order chi connectivity index (χ0) is 22.7. The molecule has 1 aromatic rings. The van der Waals surface area contributed by atoms with Gasteiger partial charge in [-0.1, -0.05) is 0 Å². The Kier molecular flexibility index (Phi) is 11.1. The summed E-state index contributed by atoms with van der Waals surface area (Å²) in [5.41, 5.74) is 1.00. The molecular formula is C21H32Cl2N2O5. The largest absolute Gasteiger partial charge is 0.494 e. The number of rotatable bonds is 12. The zero-order valence-electron chi connectivity index (χ0n) is 18.0. The van der Waals surface area contributed by atoms with E-state index in [2.05, 4.69) is 5.32 Å². The molecule has 1 aromatic carbocycles. The number of hydrogen-bond acceptors (Lipinski definition) is 5. The second kappa shape index (κ2) is 12.7. The summed E-state index contributed by atoms with van der Waals surface area (Å²) >= 11 is 11.8. The second-order valence-electron chi connectivity index (χ2n) is 7.74. The van der Waals surface area contributed by atoms with Crippen LogP contribution in [0, 0.1) is 0 Å². The van der Waals surface area contributed by atoms with E-state index in [1.165, 1.54) is 0 Å². The summed E-state index contributed by atoms with van der Waals surface area (Å²) in [7, 11) is 0. The van der Waals surface area contributed by atoms with Crippen LogP contribution in [0.5, 0.6) is 5.75 Å². The lowest BCUT2D eigenvalue weighted by molar-refractivity contribution is -0.137. The first-order valence-corrected chi connectivity index (χ1v) is 11.0. The molecular weight excluding hydrogens is 431 g/mol. The van der Waals surface area contributed by atoms with Crippen LogP contribution < -0.4 is 15.0 Å². The molecule has 0 unspecified atom stereocenters. The standard InChI is InChI=1S/C21H32Cl2N2O5/c1-5-29-18-7-6-17(25(10-8-22)11-9-23)13-15(18)12-16(14-19(26)27)24-20(28)30-21(2,3)4/h6-7,13,16H,5,8-12,14H2,1-4H3,(H,24,28)(H,26,27)/t16-/m0/s1. The average Bonchev–Trinajstić information content (AvgIpc) is 2.61. The van der Waals surface area contributed by atoms with E-state index in [4.69, 9.17) is 32.7 Å². The quantitative estimate of drug-likeness (QED) is 0.450. The SMILES string of the molecule is CCOc1ccc(N(CCCl)CCCl)cc1C[C@@H](CC(=O)O)NC(=O)OC(C)(C)C. The average molecular weight is 463 g/mol. The van der Waals surface area contributed by atoms with Gasteiger partial charge in [-0.05, 0) is 57.9 Å². The van der Waals surface area contributed by atoms with Crippen molar-refractivity contribution in [1.29, 1.82) is 0 Å². The highest BCUT2D eigenvalue weighted by Crippen LogP contribution is 2.27. The maximum Gasteiger partial charge on any atom is 0.407 e. The van der Waals surface area contributed by atoms with Crippen LogP contribution in [0.25, 0.3) is 0 Å². The van der Waals surface area contributed by atoms with Crippen LogP contribution in [0.4, 0.5) is 10.5 Å². The summed E-state index contributed by atoms with van der Waals surface area (Å²) in [5, 5.41) is 12.0.